The minimum atomic E-state index is 0.582. The molecule has 2 aromatic rings. The minimum absolute atomic E-state index is 0.582. The maximum atomic E-state index is 8.79. The summed E-state index contributed by atoms with van der Waals surface area (Å²) < 4.78 is 6.52. The molecule has 0 aliphatic heterocycles. The summed E-state index contributed by atoms with van der Waals surface area (Å²) in [6.07, 6.45) is 0. The molecule has 0 atom stereocenters. The number of nitrogens with zero attached hydrogens (tertiary/aromatic N) is 1. The molecule has 0 saturated carbocycles. The average molecular weight is 303 g/mol. The van der Waals surface area contributed by atoms with Crippen molar-refractivity contribution in [1.82, 2.24) is 0 Å². The lowest BCUT2D eigenvalue weighted by atomic mass is 10.2. The Morgan fingerprint density at radius 3 is 2.61 bits per heavy atom. The Balaban J connectivity index is 2.34. The van der Waals surface area contributed by atoms with Crippen LogP contribution in [0.25, 0.3) is 0 Å². The van der Waals surface area contributed by atoms with Crippen LogP contribution in [0, 0.1) is 18.3 Å². The van der Waals surface area contributed by atoms with Gasteiger partial charge in [-0.25, -0.2) is 0 Å². The molecule has 18 heavy (non-hydrogen) atoms. The molecular formula is C14H11BrN2O. The Morgan fingerprint density at radius 1 is 1.17 bits per heavy atom. The fourth-order valence-corrected chi connectivity index (χ4v) is 1.96. The number of nitrogen functional groups attached to an aromatic ring is 1. The molecule has 0 saturated heterocycles. The Labute approximate surface area is 114 Å². The van der Waals surface area contributed by atoms with Crippen molar-refractivity contribution in [3.8, 4) is 17.6 Å². The Hall–Kier alpha value is -1.99. The fourth-order valence-electron chi connectivity index (χ4n) is 1.50. The van der Waals surface area contributed by atoms with Gasteiger partial charge in [0.25, 0.3) is 0 Å². The van der Waals surface area contributed by atoms with E-state index in [1.54, 1.807) is 24.3 Å². The van der Waals surface area contributed by atoms with Gasteiger partial charge in [-0.2, -0.15) is 5.26 Å². The first-order valence-electron chi connectivity index (χ1n) is 5.34. The van der Waals surface area contributed by atoms with Crippen LogP contribution in [0.3, 0.4) is 0 Å². The monoisotopic (exact) mass is 302 g/mol. The molecule has 0 unspecified atom stereocenters. The zero-order valence-electron chi connectivity index (χ0n) is 9.77. The smallest absolute Gasteiger partial charge is 0.141 e. The van der Waals surface area contributed by atoms with Crippen LogP contribution in [0.4, 0.5) is 5.69 Å². The Bertz CT molecular complexity index is 632. The Kier molecular flexibility index (Phi) is 3.54. The molecule has 2 N–H and O–H groups in total. The van der Waals surface area contributed by atoms with Crippen LogP contribution in [0.2, 0.25) is 0 Å². The molecule has 90 valence electrons. The maximum absolute atomic E-state index is 8.79. The second-order valence-corrected chi connectivity index (χ2v) is 4.74. The predicted molar refractivity (Wildman–Crippen MR) is 74.5 cm³/mol. The summed E-state index contributed by atoms with van der Waals surface area (Å²) in [6.45, 7) is 1.95. The number of rotatable bonds is 2. The second kappa shape index (κ2) is 5.11. The van der Waals surface area contributed by atoms with Crippen molar-refractivity contribution in [2.24, 2.45) is 0 Å². The van der Waals surface area contributed by atoms with E-state index in [-0.39, 0.29) is 0 Å². The summed E-state index contributed by atoms with van der Waals surface area (Å²) in [5.74, 6) is 1.36. The molecule has 0 heterocycles. The fraction of sp³-hybridized carbons (Fsp3) is 0.0714. The van der Waals surface area contributed by atoms with Gasteiger partial charge >= 0.3 is 0 Å². The van der Waals surface area contributed by atoms with E-state index >= 15 is 0 Å². The summed E-state index contributed by atoms with van der Waals surface area (Å²) in [4.78, 5) is 0. The highest BCUT2D eigenvalue weighted by molar-refractivity contribution is 9.10. The topological polar surface area (TPSA) is 59.0 Å². The van der Waals surface area contributed by atoms with Crippen molar-refractivity contribution in [3.63, 3.8) is 0 Å². The number of ether oxygens (including phenoxy) is 1. The van der Waals surface area contributed by atoms with E-state index in [1.165, 1.54) is 0 Å². The van der Waals surface area contributed by atoms with Gasteiger partial charge in [-0.1, -0.05) is 6.07 Å². The number of anilines is 1. The number of benzene rings is 2. The van der Waals surface area contributed by atoms with Crippen LogP contribution < -0.4 is 10.5 Å². The second-order valence-electron chi connectivity index (χ2n) is 3.88. The first-order chi connectivity index (χ1) is 8.60. The molecule has 4 heteroatoms. The van der Waals surface area contributed by atoms with E-state index in [4.69, 9.17) is 15.7 Å². The molecular weight excluding hydrogens is 292 g/mol. The van der Waals surface area contributed by atoms with E-state index in [2.05, 4.69) is 22.0 Å². The summed E-state index contributed by atoms with van der Waals surface area (Å²) in [5.41, 5.74) is 7.97. The van der Waals surface area contributed by atoms with Gasteiger partial charge in [0.15, 0.2) is 0 Å². The molecule has 0 spiro atoms. The van der Waals surface area contributed by atoms with Gasteiger partial charge in [-0.3, -0.25) is 0 Å². The Morgan fingerprint density at radius 2 is 1.94 bits per heavy atom. The van der Waals surface area contributed by atoms with Gasteiger partial charge in [-0.05, 0) is 52.7 Å². The average Bonchev–Trinajstić information content (AvgIpc) is 2.36. The van der Waals surface area contributed by atoms with E-state index in [9.17, 15) is 0 Å². The van der Waals surface area contributed by atoms with Gasteiger partial charge in [0, 0.05) is 11.8 Å². The molecule has 0 aliphatic rings. The minimum Gasteiger partial charge on any atom is -0.456 e. The SMILES string of the molecule is Cc1ccc(N)cc1Oc1ccc(C#N)cc1Br. The highest BCUT2D eigenvalue weighted by atomic mass is 79.9. The van der Waals surface area contributed by atoms with Gasteiger partial charge in [0.05, 0.1) is 16.1 Å². The van der Waals surface area contributed by atoms with Crippen LogP contribution in [0.1, 0.15) is 11.1 Å². The van der Waals surface area contributed by atoms with Crippen LogP contribution in [0.15, 0.2) is 40.9 Å². The van der Waals surface area contributed by atoms with Crippen molar-refractivity contribution in [2.75, 3.05) is 5.73 Å². The van der Waals surface area contributed by atoms with Crippen LogP contribution in [-0.2, 0) is 0 Å². The van der Waals surface area contributed by atoms with Gasteiger partial charge in [0.1, 0.15) is 11.5 Å². The largest absolute Gasteiger partial charge is 0.456 e. The van der Waals surface area contributed by atoms with E-state index in [0.717, 1.165) is 10.0 Å². The molecule has 0 bridgehead atoms. The molecule has 2 rings (SSSR count). The third-order valence-electron chi connectivity index (χ3n) is 2.49. The van der Waals surface area contributed by atoms with Crippen LogP contribution >= 0.6 is 15.9 Å². The standard InChI is InChI=1S/C14H11BrN2O/c1-9-2-4-11(17)7-14(9)18-13-5-3-10(8-16)6-12(13)15/h2-7H,17H2,1H3. The molecule has 0 amide bonds. The van der Waals surface area contributed by atoms with Crippen molar-refractivity contribution in [3.05, 3.63) is 52.0 Å². The number of hydrogen-bond donors (Lipinski definition) is 1. The number of halogens is 1. The van der Waals surface area contributed by atoms with Gasteiger partial charge < -0.3 is 10.5 Å². The molecule has 0 radical (unpaired) electrons. The van der Waals surface area contributed by atoms with E-state index in [0.29, 0.717) is 22.7 Å². The van der Waals surface area contributed by atoms with Gasteiger partial charge in [0.2, 0.25) is 0 Å². The number of nitriles is 1. The summed E-state index contributed by atoms with van der Waals surface area (Å²) in [7, 11) is 0. The summed E-state index contributed by atoms with van der Waals surface area (Å²) in [5, 5.41) is 8.79. The first kappa shape index (κ1) is 12.5. The van der Waals surface area contributed by atoms with Crippen molar-refractivity contribution < 1.29 is 4.74 Å². The van der Waals surface area contributed by atoms with Gasteiger partial charge in [-0.15, -0.1) is 0 Å². The van der Waals surface area contributed by atoms with Crippen molar-refractivity contribution in [2.45, 2.75) is 6.92 Å². The quantitative estimate of drug-likeness (QED) is 0.853. The van der Waals surface area contributed by atoms with Crippen LogP contribution in [0.5, 0.6) is 11.5 Å². The lowest BCUT2D eigenvalue weighted by Gasteiger charge is -2.11. The third kappa shape index (κ3) is 2.63. The maximum Gasteiger partial charge on any atom is 0.141 e. The molecule has 3 nitrogen and oxygen atoms in total. The van der Waals surface area contributed by atoms with Crippen LogP contribution in [-0.4, -0.2) is 0 Å². The van der Waals surface area contributed by atoms with E-state index in [1.807, 2.05) is 19.1 Å². The third-order valence-corrected chi connectivity index (χ3v) is 3.11. The number of aryl methyl sites for hydroxylation is 1. The van der Waals surface area contributed by atoms with Crippen molar-refractivity contribution in [1.29, 1.82) is 5.26 Å². The molecule has 0 aromatic heterocycles. The lowest BCUT2D eigenvalue weighted by Crippen LogP contribution is -1.92. The number of nitrogens with two attached hydrogens (primary N) is 1. The molecule has 0 aliphatic carbocycles. The highest BCUT2D eigenvalue weighted by Crippen LogP contribution is 2.32. The normalized spacial score (nSPS) is 9.83. The highest BCUT2D eigenvalue weighted by Gasteiger charge is 2.06. The zero-order chi connectivity index (χ0) is 13.1. The van der Waals surface area contributed by atoms with E-state index < -0.39 is 0 Å². The number of hydrogen-bond acceptors (Lipinski definition) is 3. The molecule has 0 fully saturated rings. The summed E-state index contributed by atoms with van der Waals surface area (Å²) >= 11 is 3.38. The van der Waals surface area contributed by atoms with Crippen molar-refractivity contribution >= 4 is 21.6 Å². The predicted octanol–water partition coefficient (Wildman–Crippen LogP) is 4.00. The molecule has 2 aromatic carbocycles. The lowest BCUT2D eigenvalue weighted by molar-refractivity contribution is 0.476. The summed E-state index contributed by atoms with van der Waals surface area (Å²) in [6, 6.07) is 12.8. The first-order valence-corrected chi connectivity index (χ1v) is 6.13. The zero-order valence-corrected chi connectivity index (χ0v) is 11.4.